The van der Waals surface area contributed by atoms with Gasteiger partial charge < -0.3 is 16.0 Å². The van der Waals surface area contributed by atoms with E-state index in [1.807, 2.05) is 49.5 Å². The van der Waals surface area contributed by atoms with Gasteiger partial charge in [-0.2, -0.15) is 0 Å². The van der Waals surface area contributed by atoms with Crippen molar-refractivity contribution in [2.24, 2.45) is 11.7 Å². The maximum Gasteiger partial charge on any atom is 0.241 e. The van der Waals surface area contributed by atoms with Crippen LogP contribution in [-0.4, -0.2) is 24.0 Å². The van der Waals surface area contributed by atoms with Gasteiger partial charge in [-0.25, -0.2) is 4.98 Å². The second-order valence-corrected chi connectivity index (χ2v) is 7.30. The highest BCUT2D eigenvalue weighted by atomic mass is 35.5. The zero-order valence-corrected chi connectivity index (χ0v) is 18.1. The number of rotatable bonds is 5. The number of pyridine rings is 1. The SMILES string of the molecule is Cc1ccc(C(N)C(=O)NCc2ccc(N3CCC(C)CC3)nc2)cc1.Cl.Cl. The molecule has 0 aliphatic carbocycles. The first-order valence-electron chi connectivity index (χ1n) is 9.32. The van der Waals surface area contributed by atoms with Gasteiger partial charge >= 0.3 is 0 Å². The Morgan fingerprint density at radius 3 is 2.39 bits per heavy atom. The van der Waals surface area contributed by atoms with Gasteiger partial charge in [-0.3, -0.25) is 4.79 Å². The monoisotopic (exact) mass is 424 g/mol. The number of amides is 1. The number of carbonyl (C=O) groups excluding carboxylic acids is 1. The van der Waals surface area contributed by atoms with Crippen LogP contribution in [0.4, 0.5) is 5.82 Å². The van der Waals surface area contributed by atoms with E-state index < -0.39 is 6.04 Å². The number of aryl methyl sites for hydroxylation is 1. The number of hydrogen-bond acceptors (Lipinski definition) is 4. The van der Waals surface area contributed by atoms with E-state index in [2.05, 4.69) is 22.1 Å². The summed E-state index contributed by atoms with van der Waals surface area (Å²) in [6.45, 7) is 6.88. The predicted octanol–water partition coefficient (Wildman–Crippen LogP) is 3.79. The molecule has 5 nitrogen and oxygen atoms in total. The van der Waals surface area contributed by atoms with Crippen LogP contribution in [0.25, 0.3) is 0 Å². The van der Waals surface area contributed by atoms with Crippen LogP contribution in [0.1, 0.15) is 42.5 Å². The minimum Gasteiger partial charge on any atom is -0.357 e. The van der Waals surface area contributed by atoms with Crippen LogP contribution in [0.15, 0.2) is 42.6 Å². The van der Waals surface area contributed by atoms with E-state index in [9.17, 15) is 4.79 Å². The van der Waals surface area contributed by atoms with Crippen molar-refractivity contribution in [2.45, 2.75) is 39.3 Å². The van der Waals surface area contributed by atoms with Gasteiger partial charge in [-0.15, -0.1) is 24.8 Å². The lowest BCUT2D eigenvalue weighted by molar-refractivity contribution is -0.122. The van der Waals surface area contributed by atoms with Gasteiger partial charge in [0.05, 0.1) is 0 Å². The van der Waals surface area contributed by atoms with Crippen LogP contribution in [0.5, 0.6) is 0 Å². The first-order chi connectivity index (χ1) is 12.5. The second kappa shape index (κ2) is 11.2. The molecule has 28 heavy (non-hydrogen) atoms. The number of nitrogens with zero attached hydrogens (tertiary/aromatic N) is 2. The molecule has 1 amide bonds. The Bertz CT molecular complexity index is 729. The molecule has 0 saturated carbocycles. The average Bonchev–Trinajstić information content (AvgIpc) is 2.67. The van der Waals surface area contributed by atoms with Crippen molar-refractivity contribution in [3.8, 4) is 0 Å². The fraction of sp³-hybridized carbons (Fsp3) is 0.429. The maximum atomic E-state index is 12.3. The number of anilines is 1. The van der Waals surface area contributed by atoms with Crippen molar-refractivity contribution in [2.75, 3.05) is 18.0 Å². The number of hydrogen-bond donors (Lipinski definition) is 2. The quantitative estimate of drug-likeness (QED) is 0.765. The average molecular weight is 425 g/mol. The van der Waals surface area contributed by atoms with Crippen LogP contribution in [-0.2, 0) is 11.3 Å². The van der Waals surface area contributed by atoms with Crippen molar-refractivity contribution in [3.63, 3.8) is 0 Å². The molecule has 1 atom stereocenters. The summed E-state index contributed by atoms with van der Waals surface area (Å²) in [5.41, 5.74) is 9.00. The molecule has 1 unspecified atom stereocenters. The molecule has 0 radical (unpaired) electrons. The van der Waals surface area contributed by atoms with Gasteiger partial charge in [-0.1, -0.05) is 42.8 Å². The molecule has 3 rings (SSSR count). The normalized spacial score (nSPS) is 15.2. The van der Waals surface area contributed by atoms with Gasteiger partial charge in [0.1, 0.15) is 11.9 Å². The van der Waals surface area contributed by atoms with Crippen molar-refractivity contribution >= 4 is 36.5 Å². The van der Waals surface area contributed by atoms with E-state index in [0.717, 1.165) is 41.5 Å². The summed E-state index contributed by atoms with van der Waals surface area (Å²) in [4.78, 5) is 19.2. The Morgan fingerprint density at radius 2 is 1.82 bits per heavy atom. The van der Waals surface area contributed by atoms with Crippen LogP contribution in [0.2, 0.25) is 0 Å². The molecule has 2 aromatic rings. The largest absolute Gasteiger partial charge is 0.357 e. The summed E-state index contributed by atoms with van der Waals surface area (Å²) in [5, 5.41) is 2.90. The molecule has 1 aliphatic rings. The molecule has 1 aliphatic heterocycles. The number of nitrogens with two attached hydrogens (primary N) is 1. The van der Waals surface area contributed by atoms with E-state index in [4.69, 9.17) is 5.73 Å². The number of aromatic nitrogens is 1. The highest BCUT2D eigenvalue weighted by Crippen LogP contribution is 2.21. The summed E-state index contributed by atoms with van der Waals surface area (Å²) in [7, 11) is 0. The highest BCUT2D eigenvalue weighted by molar-refractivity contribution is 5.85. The number of piperidine rings is 1. The second-order valence-electron chi connectivity index (χ2n) is 7.30. The summed E-state index contributed by atoms with van der Waals surface area (Å²) < 4.78 is 0. The number of carbonyl (C=O) groups is 1. The lowest BCUT2D eigenvalue weighted by Gasteiger charge is -2.31. The fourth-order valence-electron chi connectivity index (χ4n) is 3.17. The van der Waals surface area contributed by atoms with E-state index in [-0.39, 0.29) is 30.7 Å². The van der Waals surface area contributed by atoms with E-state index in [0.29, 0.717) is 6.54 Å². The third-order valence-electron chi connectivity index (χ3n) is 5.10. The van der Waals surface area contributed by atoms with Crippen LogP contribution < -0.4 is 16.0 Å². The van der Waals surface area contributed by atoms with Gasteiger partial charge in [0.2, 0.25) is 5.91 Å². The molecule has 2 heterocycles. The summed E-state index contributed by atoms with van der Waals surface area (Å²) in [6, 6.07) is 11.1. The molecule has 0 bridgehead atoms. The van der Waals surface area contributed by atoms with Crippen molar-refractivity contribution in [1.82, 2.24) is 10.3 Å². The predicted molar refractivity (Wildman–Crippen MR) is 119 cm³/mol. The minimum atomic E-state index is -0.654. The Balaban J connectivity index is 0.00000196. The van der Waals surface area contributed by atoms with Gasteiger partial charge in [-0.05, 0) is 42.9 Å². The lowest BCUT2D eigenvalue weighted by atomic mass is 9.99. The first kappa shape index (κ1) is 24.2. The highest BCUT2D eigenvalue weighted by Gasteiger charge is 2.17. The fourth-order valence-corrected chi connectivity index (χ4v) is 3.17. The molecular weight excluding hydrogens is 395 g/mol. The molecule has 3 N–H and O–H groups in total. The van der Waals surface area contributed by atoms with Crippen LogP contribution in [0.3, 0.4) is 0 Å². The molecule has 1 fully saturated rings. The standard InChI is InChI=1S/C21H28N4O.2ClH/c1-15-3-6-18(7-4-15)20(22)21(26)24-14-17-5-8-19(23-13-17)25-11-9-16(2)10-12-25;;/h3-8,13,16,20H,9-12,14,22H2,1-2H3,(H,24,26);2*1H. The Kier molecular flexibility index (Phi) is 9.73. The van der Waals surface area contributed by atoms with Crippen molar-refractivity contribution in [1.29, 1.82) is 0 Å². The molecule has 1 aromatic heterocycles. The summed E-state index contributed by atoms with van der Waals surface area (Å²) in [6.07, 6.45) is 4.28. The van der Waals surface area contributed by atoms with Crippen molar-refractivity contribution in [3.05, 3.63) is 59.3 Å². The number of benzene rings is 1. The topological polar surface area (TPSA) is 71.2 Å². The molecule has 0 spiro atoms. The molecule has 7 heteroatoms. The Hall–Kier alpha value is -1.82. The zero-order valence-electron chi connectivity index (χ0n) is 16.4. The van der Waals surface area contributed by atoms with Gasteiger partial charge in [0.15, 0.2) is 0 Å². The molecule has 1 aromatic carbocycles. The molecule has 154 valence electrons. The Labute approximate surface area is 179 Å². The maximum absolute atomic E-state index is 12.3. The number of nitrogens with one attached hydrogen (secondary N) is 1. The smallest absolute Gasteiger partial charge is 0.241 e. The molecule has 1 saturated heterocycles. The minimum absolute atomic E-state index is 0. The summed E-state index contributed by atoms with van der Waals surface area (Å²) in [5.74, 6) is 1.64. The number of halogens is 2. The van der Waals surface area contributed by atoms with E-state index in [1.165, 1.54) is 12.8 Å². The van der Waals surface area contributed by atoms with Crippen molar-refractivity contribution < 1.29 is 4.79 Å². The third-order valence-corrected chi connectivity index (χ3v) is 5.10. The van der Waals surface area contributed by atoms with Gasteiger partial charge in [0, 0.05) is 25.8 Å². The lowest BCUT2D eigenvalue weighted by Crippen LogP contribution is -2.34. The molecular formula is C21H30Cl2N4O. The first-order valence-corrected chi connectivity index (χ1v) is 9.32. The van der Waals surface area contributed by atoms with E-state index >= 15 is 0 Å². The Morgan fingerprint density at radius 1 is 1.18 bits per heavy atom. The van der Waals surface area contributed by atoms with E-state index in [1.54, 1.807) is 0 Å². The third kappa shape index (κ3) is 6.36. The zero-order chi connectivity index (χ0) is 18.5. The van der Waals surface area contributed by atoms with Gasteiger partial charge in [0.25, 0.3) is 0 Å². The van der Waals surface area contributed by atoms with Crippen LogP contribution in [0, 0.1) is 12.8 Å². The van der Waals surface area contributed by atoms with Crippen LogP contribution >= 0.6 is 24.8 Å². The summed E-state index contributed by atoms with van der Waals surface area (Å²) >= 11 is 0.